The lowest BCUT2D eigenvalue weighted by Gasteiger charge is -2.35. The molecule has 0 aromatic carbocycles. The van der Waals surface area contributed by atoms with E-state index in [9.17, 15) is 4.79 Å². The number of carbonyl (C=O) groups is 1. The van der Waals surface area contributed by atoms with E-state index in [2.05, 4.69) is 11.9 Å². The molecule has 15 heavy (non-hydrogen) atoms. The summed E-state index contributed by atoms with van der Waals surface area (Å²) in [6.07, 6.45) is 9.16. The monoisotopic (exact) mass is 210 g/mol. The third-order valence-corrected chi connectivity index (χ3v) is 3.23. The largest absolute Gasteiger partial charge is 0.368 e. The van der Waals surface area contributed by atoms with E-state index in [0.29, 0.717) is 0 Å². The van der Waals surface area contributed by atoms with Crippen LogP contribution >= 0.6 is 0 Å². The molecule has 0 aromatic rings. The first kappa shape index (κ1) is 12.2. The van der Waals surface area contributed by atoms with E-state index in [1.54, 1.807) is 0 Å². The highest BCUT2D eigenvalue weighted by Gasteiger charge is 2.36. The van der Waals surface area contributed by atoms with Gasteiger partial charge in [0.25, 0.3) is 0 Å². The summed E-state index contributed by atoms with van der Waals surface area (Å²) in [6, 6.07) is 0. The van der Waals surface area contributed by atoms with Crippen molar-refractivity contribution in [2.24, 2.45) is 5.73 Å². The molecule has 0 unspecified atom stereocenters. The summed E-state index contributed by atoms with van der Waals surface area (Å²) in [7, 11) is 0. The molecule has 1 rings (SSSR count). The van der Waals surface area contributed by atoms with E-state index >= 15 is 0 Å². The molecule has 0 radical (unpaired) electrons. The van der Waals surface area contributed by atoms with Gasteiger partial charge < -0.3 is 11.1 Å². The van der Waals surface area contributed by atoms with Crippen LogP contribution in [0.1, 0.15) is 44.9 Å². The molecule has 3 nitrogen and oxygen atoms in total. The molecule has 1 aliphatic rings. The fourth-order valence-corrected chi connectivity index (χ4v) is 2.24. The maximum absolute atomic E-state index is 11.5. The third kappa shape index (κ3) is 3.34. The van der Waals surface area contributed by atoms with Crippen molar-refractivity contribution >= 4 is 5.91 Å². The van der Waals surface area contributed by atoms with Crippen LogP contribution in [0.15, 0.2) is 12.7 Å². The third-order valence-electron chi connectivity index (χ3n) is 3.23. The Balaban J connectivity index is 2.42. The summed E-state index contributed by atoms with van der Waals surface area (Å²) in [5.74, 6) is -0.180. The van der Waals surface area contributed by atoms with Crippen molar-refractivity contribution in [3.05, 3.63) is 12.7 Å². The second kappa shape index (κ2) is 5.91. The molecule has 86 valence electrons. The van der Waals surface area contributed by atoms with Crippen LogP contribution < -0.4 is 11.1 Å². The summed E-state index contributed by atoms with van der Waals surface area (Å²) in [5.41, 5.74) is 5.08. The number of rotatable bonds is 6. The van der Waals surface area contributed by atoms with Gasteiger partial charge in [-0.15, -0.1) is 6.58 Å². The lowest BCUT2D eigenvalue weighted by Crippen LogP contribution is -2.56. The van der Waals surface area contributed by atoms with Gasteiger partial charge in [-0.2, -0.15) is 0 Å². The first-order valence-electron chi connectivity index (χ1n) is 5.87. The van der Waals surface area contributed by atoms with Gasteiger partial charge in [-0.3, -0.25) is 4.79 Å². The van der Waals surface area contributed by atoms with E-state index in [1.165, 1.54) is 6.42 Å². The Labute approximate surface area is 92.1 Å². The van der Waals surface area contributed by atoms with Crippen molar-refractivity contribution < 1.29 is 4.79 Å². The van der Waals surface area contributed by atoms with Crippen molar-refractivity contribution in [2.75, 3.05) is 6.54 Å². The fraction of sp³-hybridized carbons (Fsp3) is 0.750. The SMILES string of the molecule is C=CCCCNC1(C(N)=O)CCCCC1. The maximum atomic E-state index is 11.5. The fourth-order valence-electron chi connectivity index (χ4n) is 2.24. The van der Waals surface area contributed by atoms with Crippen LogP contribution in [0.3, 0.4) is 0 Å². The average Bonchev–Trinajstić information content (AvgIpc) is 2.26. The topological polar surface area (TPSA) is 55.1 Å². The zero-order valence-electron chi connectivity index (χ0n) is 9.43. The minimum Gasteiger partial charge on any atom is -0.368 e. The number of nitrogens with one attached hydrogen (secondary N) is 1. The van der Waals surface area contributed by atoms with E-state index in [4.69, 9.17) is 5.73 Å². The van der Waals surface area contributed by atoms with Crippen LogP contribution in [0.5, 0.6) is 0 Å². The van der Waals surface area contributed by atoms with E-state index in [-0.39, 0.29) is 5.91 Å². The zero-order valence-corrected chi connectivity index (χ0v) is 9.43. The Morgan fingerprint density at radius 2 is 2.07 bits per heavy atom. The summed E-state index contributed by atoms with van der Waals surface area (Å²) < 4.78 is 0. The Bertz CT molecular complexity index is 220. The number of hydrogen-bond acceptors (Lipinski definition) is 2. The molecule has 3 N–H and O–H groups in total. The quantitative estimate of drug-likeness (QED) is 0.518. The first-order chi connectivity index (χ1) is 7.21. The van der Waals surface area contributed by atoms with Crippen molar-refractivity contribution in [1.82, 2.24) is 5.32 Å². The molecule has 1 fully saturated rings. The summed E-state index contributed by atoms with van der Waals surface area (Å²) in [6.45, 7) is 4.53. The first-order valence-corrected chi connectivity index (χ1v) is 5.87. The van der Waals surface area contributed by atoms with Gasteiger partial charge >= 0.3 is 0 Å². The Kier molecular flexibility index (Phi) is 4.82. The van der Waals surface area contributed by atoms with Gasteiger partial charge in [-0.05, 0) is 32.2 Å². The second-order valence-electron chi connectivity index (χ2n) is 4.36. The number of nitrogens with two attached hydrogens (primary N) is 1. The standard InChI is InChI=1S/C12H22N2O/c1-2-3-7-10-14-12(11(13)15)8-5-4-6-9-12/h2,14H,1,3-10H2,(H2,13,15). The number of allylic oxidation sites excluding steroid dienone is 1. The predicted molar refractivity (Wildman–Crippen MR) is 62.4 cm³/mol. The van der Waals surface area contributed by atoms with Crippen LogP contribution in [0.4, 0.5) is 0 Å². The van der Waals surface area contributed by atoms with E-state index in [0.717, 1.165) is 45.1 Å². The number of carbonyl (C=O) groups excluding carboxylic acids is 1. The Morgan fingerprint density at radius 3 is 2.60 bits per heavy atom. The van der Waals surface area contributed by atoms with Crippen molar-refractivity contribution in [3.8, 4) is 0 Å². The Morgan fingerprint density at radius 1 is 1.40 bits per heavy atom. The highest BCUT2D eigenvalue weighted by molar-refractivity contribution is 5.84. The lowest BCUT2D eigenvalue weighted by molar-refractivity contribution is -0.125. The van der Waals surface area contributed by atoms with Crippen LogP contribution in [0, 0.1) is 0 Å². The molecule has 0 bridgehead atoms. The molecule has 0 spiro atoms. The second-order valence-corrected chi connectivity index (χ2v) is 4.36. The molecule has 3 heteroatoms. The highest BCUT2D eigenvalue weighted by atomic mass is 16.1. The average molecular weight is 210 g/mol. The lowest BCUT2D eigenvalue weighted by atomic mass is 9.81. The van der Waals surface area contributed by atoms with Crippen LogP contribution in [-0.4, -0.2) is 18.0 Å². The van der Waals surface area contributed by atoms with Crippen LogP contribution in [-0.2, 0) is 4.79 Å². The number of amides is 1. The molecular weight excluding hydrogens is 188 g/mol. The molecule has 0 heterocycles. The minimum absolute atomic E-state index is 0.180. The van der Waals surface area contributed by atoms with E-state index < -0.39 is 5.54 Å². The molecule has 0 aromatic heterocycles. The van der Waals surface area contributed by atoms with Crippen molar-refractivity contribution in [1.29, 1.82) is 0 Å². The normalized spacial score (nSPS) is 19.7. The molecule has 1 saturated carbocycles. The van der Waals surface area contributed by atoms with Gasteiger partial charge in [0, 0.05) is 0 Å². The van der Waals surface area contributed by atoms with Crippen LogP contribution in [0.2, 0.25) is 0 Å². The number of primary amides is 1. The molecule has 0 aliphatic heterocycles. The summed E-state index contributed by atoms with van der Waals surface area (Å²) in [5, 5.41) is 3.35. The zero-order chi connectivity index (χ0) is 11.1. The van der Waals surface area contributed by atoms with Gasteiger partial charge in [-0.25, -0.2) is 0 Å². The molecule has 0 saturated heterocycles. The van der Waals surface area contributed by atoms with Gasteiger partial charge in [0.1, 0.15) is 0 Å². The van der Waals surface area contributed by atoms with Crippen molar-refractivity contribution in [2.45, 2.75) is 50.5 Å². The molecule has 1 amide bonds. The highest BCUT2D eigenvalue weighted by Crippen LogP contribution is 2.27. The summed E-state index contributed by atoms with van der Waals surface area (Å²) >= 11 is 0. The molecular formula is C12H22N2O. The Hall–Kier alpha value is -0.830. The number of unbranched alkanes of at least 4 members (excludes halogenated alkanes) is 1. The van der Waals surface area contributed by atoms with Crippen molar-refractivity contribution in [3.63, 3.8) is 0 Å². The van der Waals surface area contributed by atoms with Gasteiger partial charge in [0.05, 0.1) is 5.54 Å². The van der Waals surface area contributed by atoms with Crippen LogP contribution in [0.25, 0.3) is 0 Å². The molecule has 1 aliphatic carbocycles. The minimum atomic E-state index is -0.417. The molecule has 0 atom stereocenters. The predicted octanol–water partition coefficient (Wildman–Crippen LogP) is 1.73. The van der Waals surface area contributed by atoms with Gasteiger partial charge in [0.15, 0.2) is 0 Å². The number of hydrogen-bond donors (Lipinski definition) is 2. The van der Waals surface area contributed by atoms with Gasteiger partial charge in [-0.1, -0.05) is 25.3 Å². The van der Waals surface area contributed by atoms with Gasteiger partial charge in [0.2, 0.25) is 5.91 Å². The summed E-state index contributed by atoms with van der Waals surface area (Å²) in [4.78, 5) is 11.5. The van der Waals surface area contributed by atoms with E-state index in [1.807, 2.05) is 6.08 Å². The smallest absolute Gasteiger partial charge is 0.237 e. The maximum Gasteiger partial charge on any atom is 0.237 e.